The van der Waals surface area contributed by atoms with E-state index in [-0.39, 0.29) is 23.1 Å². The molecule has 4 rings (SSSR count). The number of rotatable bonds is 5. The Bertz CT molecular complexity index is 1030. The van der Waals surface area contributed by atoms with Crippen molar-refractivity contribution in [3.8, 4) is 0 Å². The molecule has 1 amide bonds. The molecule has 1 aliphatic rings. The zero-order valence-corrected chi connectivity index (χ0v) is 16.0. The molecule has 1 unspecified atom stereocenters. The molecule has 27 heavy (non-hydrogen) atoms. The van der Waals surface area contributed by atoms with E-state index in [1.807, 2.05) is 0 Å². The molecule has 3 heterocycles. The maximum absolute atomic E-state index is 12.6. The molecule has 7 heteroatoms. The van der Waals surface area contributed by atoms with Crippen LogP contribution in [0.5, 0.6) is 0 Å². The van der Waals surface area contributed by atoms with Gasteiger partial charge in [0, 0.05) is 43.4 Å². The molecule has 1 atom stereocenters. The van der Waals surface area contributed by atoms with Gasteiger partial charge in [0.15, 0.2) is 4.96 Å². The van der Waals surface area contributed by atoms with Gasteiger partial charge < -0.3 is 5.32 Å². The molecule has 140 valence electrons. The Balaban J connectivity index is 1.44. The third-order valence-corrected chi connectivity index (χ3v) is 6.00. The molecule has 0 saturated carbocycles. The van der Waals surface area contributed by atoms with Crippen molar-refractivity contribution < 1.29 is 4.79 Å². The van der Waals surface area contributed by atoms with Crippen LogP contribution in [0, 0.1) is 0 Å². The summed E-state index contributed by atoms with van der Waals surface area (Å²) in [7, 11) is 0. The highest BCUT2D eigenvalue weighted by Crippen LogP contribution is 2.21. The van der Waals surface area contributed by atoms with Gasteiger partial charge in [0.25, 0.3) is 11.5 Å². The van der Waals surface area contributed by atoms with Crippen molar-refractivity contribution in [3.63, 3.8) is 0 Å². The Hall–Kier alpha value is -2.51. The molecule has 0 spiro atoms. The standard InChI is InChI=1S/C20H22N4O2S/c1-2-16(23-8-7-14-5-3-4-6-15(14)13-23)11-21-18(25)17-12-22-20-24(19(17)26)9-10-27-20/h3-6,9-10,12,16H,2,7-8,11,13H2,1H3,(H,21,25). The first-order valence-electron chi connectivity index (χ1n) is 9.21. The Morgan fingerprint density at radius 3 is 2.96 bits per heavy atom. The van der Waals surface area contributed by atoms with Gasteiger partial charge in [-0.25, -0.2) is 4.98 Å². The van der Waals surface area contributed by atoms with Crippen molar-refractivity contribution >= 4 is 22.2 Å². The average Bonchev–Trinajstić information content (AvgIpc) is 3.18. The Morgan fingerprint density at radius 2 is 2.15 bits per heavy atom. The first-order chi connectivity index (χ1) is 13.2. The summed E-state index contributed by atoms with van der Waals surface area (Å²) < 4.78 is 1.42. The van der Waals surface area contributed by atoms with E-state index in [1.165, 1.54) is 33.1 Å². The third-order valence-electron chi connectivity index (χ3n) is 5.23. The molecular weight excluding hydrogens is 360 g/mol. The summed E-state index contributed by atoms with van der Waals surface area (Å²) in [5.41, 5.74) is 2.54. The second-order valence-corrected chi connectivity index (χ2v) is 7.67. The lowest BCUT2D eigenvalue weighted by molar-refractivity contribution is 0.0924. The molecule has 1 aromatic carbocycles. The van der Waals surface area contributed by atoms with Crippen LogP contribution in [0.2, 0.25) is 0 Å². The number of benzene rings is 1. The van der Waals surface area contributed by atoms with Gasteiger partial charge in [0.05, 0.1) is 0 Å². The number of carbonyl (C=O) groups excluding carboxylic acids is 1. The number of nitrogens with zero attached hydrogens (tertiary/aromatic N) is 3. The number of thiazole rings is 1. The molecule has 3 aromatic rings. The molecule has 1 aliphatic heterocycles. The van der Waals surface area contributed by atoms with Crippen molar-refractivity contribution in [3.05, 3.63) is 69.1 Å². The molecule has 0 bridgehead atoms. The first-order valence-corrected chi connectivity index (χ1v) is 10.1. The van der Waals surface area contributed by atoms with Gasteiger partial charge in [-0.3, -0.25) is 18.9 Å². The molecule has 0 fully saturated rings. The van der Waals surface area contributed by atoms with Crippen molar-refractivity contribution in [2.45, 2.75) is 32.4 Å². The predicted molar refractivity (Wildman–Crippen MR) is 106 cm³/mol. The molecule has 1 N–H and O–H groups in total. The first kappa shape index (κ1) is 17.9. The van der Waals surface area contributed by atoms with Gasteiger partial charge in [-0.15, -0.1) is 11.3 Å². The fourth-order valence-electron chi connectivity index (χ4n) is 3.65. The van der Waals surface area contributed by atoms with E-state index in [0.29, 0.717) is 11.5 Å². The molecular formula is C20H22N4O2S. The average molecular weight is 382 g/mol. The normalized spacial score (nSPS) is 15.4. The highest BCUT2D eigenvalue weighted by atomic mass is 32.1. The van der Waals surface area contributed by atoms with Crippen molar-refractivity contribution in [2.24, 2.45) is 0 Å². The van der Waals surface area contributed by atoms with Gasteiger partial charge in [-0.2, -0.15) is 0 Å². The van der Waals surface area contributed by atoms with Crippen LogP contribution >= 0.6 is 11.3 Å². The topological polar surface area (TPSA) is 66.7 Å². The number of amides is 1. The van der Waals surface area contributed by atoms with E-state index in [2.05, 4.69) is 46.4 Å². The number of hydrogen-bond acceptors (Lipinski definition) is 5. The molecule has 0 saturated heterocycles. The van der Waals surface area contributed by atoms with Gasteiger partial charge in [-0.05, 0) is 24.0 Å². The Morgan fingerprint density at radius 1 is 1.33 bits per heavy atom. The fraction of sp³-hybridized carbons (Fsp3) is 0.350. The highest BCUT2D eigenvalue weighted by Gasteiger charge is 2.23. The summed E-state index contributed by atoms with van der Waals surface area (Å²) in [6, 6.07) is 8.77. The summed E-state index contributed by atoms with van der Waals surface area (Å²) in [5, 5.41) is 4.72. The van der Waals surface area contributed by atoms with Crippen LogP contribution in [0.1, 0.15) is 34.8 Å². The second-order valence-electron chi connectivity index (χ2n) is 6.79. The van der Waals surface area contributed by atoms with E-state index in [1.54, 1.807) is 11.6 Å². The van der Waals surface area contributed by atoms with Gasteiger partial charge in [0.2, 0.25) is 0 Å². The molecule has 0 radical (unpaired) electrons. The SMILES string of the molecule is CCC(CNC(=O)c1cnc2sccn2c1=O)N1CCc2ccccc2C1. The number of hydrogen-bond donors (Lipinski definition) is 1. The summed E-state index contributed by atoms with van der Waals surface area (Å²) >= 11 is 1.37. The van der Waals surface area contributed by atoms with Gasteiger partial charge >= 0.3 is 0 Å². The minimum absolute atomic E-state index is 0.0877. The number of fused-ring (bicyclic) bond motifs is 2. The monoisotopic (exact) mass is 382 g/mol. The summed E-state index contributed by atoms with van der Waals surface area (Å²) in [4.78, 5) is 32.2. The number of nitrogens with one attached hydrogen (secondary N) is 1. The number of aromatic nitrogens is 2. The minimum atomic E-state index is -0.357. The van der Waals surface area contributed by atoms with Gasteiger partial charge in [0.1, 0.15) is 5.56 Å². The lowest BCUT2D eigenvalue weighted by atomic mass is 9.98. The van der Waals surface area contributed by atoms with Crippen LogP contribution in [-0.2, 0) is 13.0 Å². The molecule has 2 aromatic heterocycles. The van der Waals surface area contributed by atoms with Crippen molar-refractivity contribution in [1.29, 1.82) is 0 Å². The van der Waals surface area contributed by atoms with Crippen LogP contribution in [0.3, 0.4) is 0 Å². The van der Waals surface area contributed by atoms with Crippen LogP contribution in [0.25, 0.3) is 4.96 Å². The van der Waals surface area contributed by atoms with E-state index < -0.39 is 0 Å². The number of carbonyl (C=O) groups is 1. The predicted octanol–water partition coefficient (Wildman–Crippen LogP) is 2.32. The van der Waals surface area contributed by atoms with Gasteiger partial charge in [-0.1, -0.05) is 31.2 Å². The van der Waals surface area contributed by atoms with Crippen LogP contribution < -0.4 is 10.9 Å². The maximum Gasteiger partial charge on any atom is 0.271 e. The fourth-order valence-corrected chi connectivity index (χ4v) is 4.32. The quantitative estimate of drug-likeness (QED) is 0.735. The Labute approximate surface area is 161 Å². The summed E-state index contributed by atoms with van der Waals surface area (Å²) in [6.07, 6.45) is 4.98. The largest absolute Gasteiger partial charge is 0.350 e. The lowest BCUT2D eigenvalue weighted by Gasteiger charge is -2.35. The second kappa shape index (κ2) is 7.62. The Kier molecular flexibility index (Phi) is 5.05. The van der Waals surface area contributed by atoms with E-state index in [4.69, 9.17) is 0 Å². The third kappa shape index (κ3) is 3.52. The minimum Gasteiger partial charge on any atom is -0.350 e. The molecule has 6 nitrogen and oxygen atoms in total. The van der Waals surface area contributed by atoms with Crippen molar-refractivity contribution in [1.82, 2.24) is 19.6 Å². The van der Waals surface area contributed by atoms with Crippen LogP contribution in [0.4, 0.5) is 0 Å². The maximum atomic E-state index is 12.6. The van der Waals surface area contributed by atoms with Crippen LogP contribution in [0.15, 0.2) is 46.8 Å². The summed E-state index contributed by atoms with van der Waals surface area (Å²) in [6.45, 7) is 4.53. The smallest absolute Gasteiger partial charge is 0.271 e. The zero-order valence-electron chi connectivity index (χ0n) is 15.2. The van der Waals surface area contributed by atoms with E-state index >= 15 is 0 Å². The van der Waals surface area contributed by atoms with E-state index in [0.717, 1.165) is 25.9 Å². The van der Waals surface area contributed by atoms with Crippen LogP contribution in [-0.4, -0.2) is 39.3 Å². The van der Waals surface area contributed by atoms with Crippen molar-refractivity contribution in [2.75, 3.05) is 13.1 Å². The molecule has 0 aliphatic carbocycles. The summed E-state index contributed by atoms with van der Waals surface area (Å²) in [5.74, 6) is -0.357. The highest BCUT2D eigenvalue weighted by molar-refractivity contribution is 7.15. The van der Waals surface area contributed by atoms with E-state index in [9.17, 15) is 9.59 Å². The lowest BCUT2D eigenvalue weighted by Crippen LogP contribution is -2.46. The zero-order chi connectivity index (χ0) is 18.8.